The molecule has 1 aromatic carbocycles. The van der Waals surface area contributed by atoms with Gasteiger partial charge in [0.25, 0.3) is 5.91 Å². The molecule has 4 rings (SSSR count). The van der Waals surface area contributed by atoms with E-state index in [9.17, 15) is 9.59 Å². The summed E-state index contributed by atoms with van der Waals surface area (Å²) in [5, 5.41) is 0.614. The van der Waals surface area contributed by atoms with E-state index in [1.54, 1.807) is 39.9 Å². The van der Waals surface area contributed by atoms with Gasteiger partial charge in [0.15, 0.2) is 0 Å². The van der Waals surface area contributed by atoms with Crippen LogP contribution >= 0.6 is 23.4 Å². The summed E-state index contributed by atoms with van der Waals surface area (Å²) in [6.07, 6.45) is 3.02. The lowest BCUT2D eigenvalue weighted by Crippen LogP contribution is -2.51. The molecule has 27 heavy (non-hydrogen) atoms. The van der Waals surface area contributed by atoms with Crippen LogP contribution in [0, 0.1) is 0 Å². The van der Waals surface area contributed by atoms with E-state index < -0.39 is 6.04 Å². The van der Waals surface area contributed by atoms with Gasteiger partial charge >= 0.3 is 0 Å². The zero-order valence-corrected chi connectivity index (χ0v) is 16.5. The molecule has 0 bridgehead atoms. The highest BCUT2D eigenvalue weighted by Gasteiger charge is 2.53. The fourth-order valence-electron chi connectivity index (χ4n) is 3.75. The third-order valence-corrected chi connectivity index (χ3v) is 6.94. The molecule has 0 saturated carbocycles. The predicted molar refractivity (Wildman–Crippen MR) is 108 cm³/mol. The minimum absolute atomic E-state index is 0.0646. The van der Waals surface area contributed by atoms with E-state index in [1.165, 1.54) is 0 Å². The number of halogens is 1. The highest BCUT2D eigenvalue weighted by molar-refractivity contribution is 8.01. The van der Waals surface area contributed by atoms with Gasteiger partial charge in [-0.2, -0.15) is 0 Å². The van der Waals surface area contributed by atoms with Gasteiger partial charge in [-0.3, -0.25) is 14.6 Å². The zero-order valence-electron chi connectivity index (χ0n) is 15.0. The first-order chi connectivity index (χ1) is 13.0. The van der Waals surface area contributed by atoms with Gasteiger partial charge in [0, 0.05) is 29.1 Å². The molecule has 7 heteroatoms. The molecule has 0 N–H and O–H groups in total. The summed E-state index contributed by atoms with van der Waals surface area (Å²) in [6.45, 7) is 2.41. The molecule has 2 aliphatic heterocycles. The van der Waals surface area contributed by atoms with Crippen molar-refractivity contribution in [1.82, 2.24) is 9.88 Å². The monoisotopic (exact) mass is 401 g/mol. The molecule has 2 saturated heterocycles. The second-order valence-electron chi connectivity index (χ2n) is 6.99. The molecule has 0 spiro atoms. The standard InChI is InChI=1S/C20H20ClN3O2S/c1-20-10-9-18(25)24(20)17(13-27-20)19(26)23(12-15-4-2-3-11-22-15)16-7-5-14(21)6-8-16/h2-8,11,17H,9-10,12-13H2,1H3/t17-,20+/m0/s1. The largest absolute Gasteiger partial charge is 0.315 e. The van der Waals surface area contributed by atoms with Crippen molar-refractivity contribution in [2.75, 3.05) is 10.7 Å². The number of nitrogens with zero attached hydrogens (tertiary/aromatic N) is 3. The summed E-state index contributed by atoms with van der Waals surface area (Å²) < 4.78 is 0. The number of anilines is 1. The van der Waals surface area contributed by atoms with Crippen molar-refractivity contribution in [3.63, 3.8) is 0 Å². The highest BCUT2D eigenvalue weighted by Crippen LogP contribution is 2.47. The molecule has 1 aromatic heterocycles. The first kappa shape index (κ1) is 18.3. The fourth-order valence-corrected chi connectivity index (χ4v) is 5.30. The normalized spacial score (nSPS) is 24.1. The van der Waals surface area contributed by atoms with E-state index in [4.69, 9.17) is 11.6 Å². The van der Waals surface area contributed by atoms with Crippen LogP contribution in [-0.2, 0) is 16.1 Å². The number of fused-ring (bicyclic) bond motifs is 1. The van der Waals surface area contributed by atoms with Gasteiger partial charge in [0.05, 0.1) is 17.1 Å². The van der Waals surface area contributed by atoms with Gasteiger partial charge in [0.1, 0.15) is 6.04 Å². The molecule has 2 amide bonds. The van der Waals surface area contributed by atoms with Crippen molar-refractivity contribution >= 4 is 40.9 Å². The van der Waals surface area contributed by atoms with Crippen molar-refractivity contribution in [3.8, 4) is 0 Å². The van der Waals surface area contributed by atoms with Gasteiger partial charge in [-0.05, 0) is 49.7 Å². The average molecular weight is 402 g/mol. The summed E-state index contributed by atoms with van der Waals surface area (Å²) in [7, 11) is 0. The summed E-state index contributed by atoms with van der Waals surface area (Å²) >= 11 is 7.72. The topological polar surface area (TPSA) is 53.5 Å². The molecule has 0 unspecified atom stereocenters. The summed E-state index contributed by atoms with van der Waals surface area (Å²) in [6, 6.07) is 12.4. The second-order valence-corrected chi connectivity index (χ2v) is 8.93. The fraction of sp³-hybridized carbons (Fsp3) is 0.350. The van der Waals surface area contributed by atoms with Crippen molar-refractivity contribution in [3.05, 3.63) is 59.4 Å². The van der Waals surface area contributed by atoms with Crippen LogP contribution in [0.15, 0.2) is 48.7 Å². The Morgan fingerprint density at radius 2 is 2.11 bits per heavy atom. The highest BCUT2D eigenvalue weighted by atomic mass is 35.5. The van der Waals surface area contributed by atoms with Crippen LogP contribution in [0.5, 0.6) is 0 Å². The molecule has 2 aromatic rings. The Kier molecular flexibility index (Phi) is 4.86. The SMILES string of the molecule is C[C@@]12CCC(=O)N1[C@H](C(=O)N(Cc1ccccn1)c1ccc(Cl)cc1)CS2. The summed E-state index contributed by atoms with van der Waals surface area (Å²) in [4.78, 5) is 33.6. The van der Waals surface area contributed by atoms with Crippen LogP contribution in [0.3, 0.4) is 0 Å². The average Bonchev–Trinajstić information content (AvgIpc) is 3.17. The minimum atomic E-state index is -0.450. The number of rotatable bonds is 4. The molecule has 2 atom stereocenters. The first-order valence-electron chi connectivity index (χ1n) is 8.91. The third-order valence-electron chi connectivity index (χ3n) is 5.18. The van der Waals surface area contributed by atoms with Crippen LogP contribution in [-0.4, -0.2) is 38.4 Å². The molecule has 0 aliphatic carbocycles. The van der Waals surface area contributed by atoms with Crippen LogP contribution in [0.1, 0.15) is 25.5 Å². The Bertz CT molecular complexity index is 861. The number of hydrogen-bond acceptors (Lipinski definition) is 4. The van der Waals surface area contributed by atoms with E-state index in [-0.39, 0.29) is 16.7 Å². The smallest absolute Gasteiger partial charge is 0.251 e. The number of amides is 2. The molecule has 3 heterocycles. The second kappa shape index (κ2) is 7.17. The van der Waals surface area contributed by atoms with Gasteiger partial charge in [0.2, 0.25) is 5.91 Å². The van der Waals surface area contributed by atoms with Crippen LogP contribution in [0.2, 0.25) is 5.02 Å². The number of aromatic nitrogens is 1. The predicted octanol–water partition coefficient (Wildman–Crippen LogP) is 3.72. The van der Waals surface area contributed by atoms with Crippen LogP contribution in [0.4, 0.5) is 5.69 Å². The van der Waals surface area contributed by atoms with E-state index >= 15 is 0 Å². The molecule has 5 nitrogen and oxygen atoms in total. The van der Waals surface area contributed by atoms with Crippen molar-refractivity contribution < 1.29 is 9.59 Å². The number of carbonyl (C=O) groups is 2. The van der Waals surface area contributed by atoms with Gasteiger partial charge in [-0.15, -0.1) is 11.8 Å². The van der Waals surface area contributed by atoms with Gasteiger partial charge in [-0.25, -0.2) is 0 Å². The Labute approximate surface area is 167 Å². The number of benzene rings is 1. The van der Waals surface area contributed by atoms with Crippen LogP contribution in [0.25, 0.3) is 0 Å². The zero-order chi connectivity index (χ0) is 19.0. The number of hydrogen-bond donors (Lipinski definition) is 0. The third kappa shape index (κ3) is 3.44. The lowest BCUT2D eigenvalue weighted by molar-refractivity contribution is -0.136. The molecular formula is C20H20ClN3O2S. The van der Waals surface area contributed by atoms with E-state index in [2.05, 4.69) is 11.9 Å². The van der Waals surface area contributed by atoms with Crippen LogP contribution < -0.4 is 4.90 Å². The summed E-state index contributed by atoms with van der Waals surface area (Å²) in [5.41, 5.74) is 1.54. The Morgan fingerprint density at radius 3 is 2.81 bits per heavy atom. The molecule has 0 radical (unpaired) electrons. The van der Waals surface area contributed by atoms with Crippen molar-refractivity contribution in [2.24, 2.45) is 0 Å². The van der Waals surface area contributed by atoms with E-state index in [0.717, 1.165) is 17.8 Å². The molecule has 2 aliphatic rings. The Hall–Kier alpha value is -2.05. The maximum Gasteiger partial charge on any atom is 0.251 e. The maximum absolute atomic E-state index is 13.5. The van der Waals surface area contributed by atoms with Gasteiger partial charge < -0.3 is 9.80 Å². The molecular weight excluding hydrogens is 382 g/mol. The Morgan fingerprint density at radius 1 is 1.33 bits per heavy atom. The van der Waals surface area contributed by atoms with Gasteiger partial charge in [-0.1, -0.05) is 17.7 Å². The quantitative estimate of drug-likeness (QED) is 0.783. The summed E-state index contributed by atoms with van der Waals surface area (Å²) in [5.74, 6) is 0.608. The number of thioether (sulfide) groups is 1. The Balaban J connectivity index is 1.66. The lowest BCUT2D eigenvalue weighted by Gasteiger charge is -2.33. The lowest BCUT2D eigenvalue weighted by atomic mass is 10.1. The van der Waals surface area contributed by atoms with Crippen molar-refractivity contribution in [1.29, 1.82) is 0 Å². The van der Waals surface area contributed by atoms with Crippen molar-refractivity contribution in [2.45, 2.75) is 37.2 Å². The number of pyridine rings is 1. The first-order valence-corrected chi connectivity index (χ1v) is 10.3. The number of carbonyl (C=O) groups excluding carboxylic acids is 2. The van der Waals surface area contributed by atoms with E-state index in [0.29, 0.717) is 23.7 Å². The molecule has 2 fully saturated rings. The molecule has 140 valence electrons. The minimum Gasteiger partial charge on any atom is -0.315 e. The van der Waals surface area contributed by atoms with E-state index in [1.807, 2.05) is 30.3 Å². The maximum atomic E-state index is 13.5.